The lowest BCUT2D eigenvalue weighted by Gasteiger charge is -2.19. The molecule has 0 aliphatic heterocycles. The van der Waals surface area contributed by atoms with Crippen molar-refractivity contribution in [3.63, 3.8) is 0 Å². The van der Waals surface area contributed by atoms with Crippen molar-refractivity contribution in [1.82, 2.24) is 16.0 Å². The fourth-order valence-corrected chi connectivity index (χ4v) is 5.38. The van der Waals surface area contributed by atoms with Gasteiger partial charge in [0.15, 0.2) is 0 Å². The summed E-state index contributed by atoms with van der Waals surface area (Å²) < 4.78 is 32.8. The number of hydrogen-bond acceptors (Lipinski definition) is 10. The van der Waals surface area contributed by atoms with Crippen LogP contribution in [-0.4, -0.2) is 114 Å². The Hall–Kier alpha value is -3.75. The molecule has 0 fully saturated rings. The minimum atomic E-state index is -0.892. The first-order chi connectivity index (χ1) is 24.2. The predicted molar refractivity (Wildman–Crippen MR) is 188 cm³/mol. The van der Waals surface area contributed by atoms with Crippen molar-refractivity contribution in [2.75, 3.05) is 79.1 Å². The van der Waals surface area contributed by atoms with Gasteiger partial charge in [-0.15, -0.1) is 0 Å². The highest BCUT2D eigenvalue weighted by atomic mass is 16.6. The molecule has 0 saturated carbocycles. The van der Waals surface area contributed by atoms with Crippen LogP contribution in [0.15, 0.2) is 48.5 Å². The number of alkyl carbamates (subject to hydrolysis) is 2. The van der Waals surface area contributed by atoms with Gasteiger partial charge in [0.2, 0.25) is 0 Å². The number of carboxylic acids is 1. The van der Waals surface area contributed by atoms with Gasteiger partial charge >= 0.3 is 18.2 Å². The van der Waals surface area contributed by atoms with Crippen LogP contribution in [0.25, 0.3) is 11.1 Å². The van der Waals surface area contributed by atoms with E-state index in [1.807, 2.05) is 24.3 Å². The van der Waals surface area contributed by atoms with Gasteiger partial charge in [-0.25, -0.2) is 9.59 Å². The number of aliphatic carboxylic acids is 1. The largest absolute Gasteiger partial charge is 0.480 e. The van der Waals surface area contributed by atoms with Gasteiger partial charge < -0.3 is 49.5 Å². The number of rotatable bonds is 25. The van der Waals surface area contributed by atoms with Crippen LogP contribution in [0.4, 0.5) is 9.59 Å². The standard InChI is InChI=1S/C37H55N3O10/c1-37(2,3)50-36(44)39-16-9-8-15-33(34(41)42)38-17-10-19-45-21-23-47-25-26-48-24-22-46-20-18-40-35(43)49-27-32-30-13-6-4-11-28(30)29-12-5-7-14-31(29)32/h4-7,11-14,32-33,38H,8-10,15-27H2,1-3H3,(H,39,44)(H,40,43)(H,41,42)/t33-/m0/s1. The number of carbonyl (C=O) groups excluding carboxylic acids is 2. The Kier molecular flexibility index (Phi) is 18.6. The minimum Gasteiger partial charge on any atom is -0.480 e. The Morgan fingerprint density at radius 1 is 0.680 bits per heavy atom. The van der Waals surface area contributed by atoms with Crippen molar-refractivity contribution in [2.24, 2.45) is 0 Å². The summed E-state index contributed by atoms with van der Waals surface area (Å²) in [4.78, 5) is 35.4. The molecule has 0 bridgehead atoms. The normalized spacial score (nSPS) is 12.9. The molecule has 0 saturated heterocycles. The molecule has 2 amide bonds. The predicted octanol–water partition coefficient (Wildman–Crippen LogP) is 4.72. The Balaban J connectivity index is 1.06. The fraction of sp³-hybridized carbons (Fsp3) is 0.595. The number of nitrogens with one attached hydrogen (secondary N) is 3. The third kappa shape index (κ3) is 15.9. The zero-order valence-electron chi connectivity index (χ0n) is 29.7. The van der Waals surface area contributed by atoms with E-state index in [0.29, 0.717) is 98.2 Å². The Morgan fingerprint density at radius 3 is 1.80 bits per heavy atom. The van der Waals surface area contributed by atoms with Crippen molar-refractivity contribution in [3.05, 3.63) is 59.7 Å². The van der Waals surface area contributed by atoms with E-state index in [4.69, 9.17) is 28.4 Å². The third-order valence-electron chi connectivity index (χ3n) is 7.72. The molecule has 0 aromatic heterocycles. The van der Waals surface area contributed by atoms with Crippen LogP contribution >= 0.6 is 0 Å². The molecule has 3 rings (SSSR count). The molecule has 1 aliphatic rings. The molecule has 0 unspecified atom stereocenters. The zero-order valence-corrected chi connectivity index (χ0v) is 29.7. The highest BCUT2D eigenvalue weighted by molar-refractivity contribution is 5.79. The summed E-state index contributed by atoms with van der Waals surface area (Å²) in [5.74, 6) is -0.867. The highest BCUT2D eigenvalue weighted by Crippen LogP contribution is 2.44. The second kappa shape index (κ2) is 22.9. The maximum atomic E-state index is 12.2. The lowest BCUT2D eigenvalue weighted by Crippen LogP contribution is -2.37. The SMILES string of the molecule is CC(C)(C)OC(=O)NCCCC[C@H](NCCCOCCOCCOCCOCCNC(=O)OCC1c2ccccc2-c2ccccc21)C(=O)O. The van der Waals surface area contributed by atoms with Gasteiger partial charge in [0.1, 0.15) is 18.2 Å². The van der Waals surface area contributed by atoms with E-state index < -0.39 is 29.8 Å². The molecule has 4 N–H and O–H groups in total. The van der Waals surface area contributed by atoms with Crippen molar-refractivity contribution >= 4 is 18.2 Å². The van der Waals surface area contributed by atoms with Crippen LogP contribution in [0.5, 0.6) is 0 Å². The number of ether oxygens (including phenoxy) is 6. The number of carbonyl (C=O) groups is 3. The zero-order chi connectivity index (χ0) is 36.0. The molecule has 1 atom stereocenters. The molecular weight excluding hydrogens is 646 g/mol. The number of fused-ring (bicyclic) bond motifs is 3. The molecule has 13 nitrogen and oxygen atoms in total. The van der Waals surface area contributed by atoms with Crippen LogP contribution in [0, 0.1) is 0 Å². The molecule has 278 valence electrons. The van der Waals surface area contributed by atoms with Crippen LogP contribution < -0.4 is 16.0 Å². The molecule has 0 heterocycles. The molecule has 13 heteroatoms. The van der Waals surface area contributed by atoms with Gasteiger partial charge in [0.05, 0.1) is 46.2 Å². The minimum absolute atomic E-state index is 0.0252. The van der Waals surface area contributed by atoms with Gasteiger partial charge in [0.25, 0.3) is 0 Å². The van der Waals surface area contributed by atoms with E-state index in [2.05, 4.69) is 40.2 Å². The topological polar surface area (TPSA) is 163 Å². The number of carboxylic acid groups (broad SMARTS) is 1. The van der Waals surface area contributed by atoms with Crippen LogP contribution in [0.1, 0.15) is 63.5 Å². The molecular formula is C37H55N3O10. The average Bonchev–Trinajstić information content (AvgIpc) is 3.40. The van der Waals surface area contributed by atoms with Crippen molar-refractivity contribution in [1.29, 1.82) is 0 Å². The molecule has 2 aromatic rings. The summed E-state index contributed by atoms with van der Waals surface area (Å²) in [6, 6.07) is 15.8. The number of amides is 2. The maximum absolute atomic E-state index is 12.2. The molecule has 2 aromatic carbocycles. The quantitative estimate of drug-likeness (QED) is 0.106. The van der Waals surface area contributed by atoms with E-state index in [1.165, 1.54) is 22.3 Å². The second-order valence-electron chi connectivity index (χ2n) is 12.8. The molecule has 0 radical (unpaired) electrons. The van der Waals surface area contributed by atoms with Gasteiger partial charge in [-0.05, 0) is 75.3 Å². The second-order valence-corrected chi connectivity index (χ2v) is 12.8. The Labute approximate surface area is 295 Å². The average molecular weight is 702 g/mol. The third-order valence-corrected chi connectivity index (χ3v) is 7.72. The summed E-state index contributed by atoms with van der Waals surface area (Å²) >= 11 is 0. The summed E-state index contributed by atoms with van der Waals surface area (Å²) in [6.45, 7) is 10.4. The van der Waals surface area contributed by atoms with Crippen LogP contribution in [0.3, 0.4) is 0 Å². The Bertz CT molecular complexity index is 1260. The van der Waals surface area contributed by atoms with Crippen molar-refractivity contribution < 1.29 is 47.9 Å². The van der Waals surface area contributed by atoms with Gasteiger partial charge in [-0.2, -0.15) is 0 Å². The summed E-state index contributed by atoms with van der Waals surface area (Å²) in [6.07, 6.45) is 1.53. The van der Waals surface area contributed by atoms with E-state index >= 15 is 0 Å². The maximum Gasteiger partial charge on any atom is 0.407 e. The molecule has 1 aliphatic carbocycles. The lowest BCUT2D eigenvalue weighted by molar-refractivity contribution is -0.139. The smallest absolute Gasteiger partial charge is 0.407 e. The number of unbranched alkanes of at least 4 members (excludes halogenated alkanes) is 1. The number of hydrogen-bond donors (Lipinski definition) is 4. The van der Waals surface area contributed by atoms with Crippen molar-refractivity contribution in [2.45, 2.75) is 64.0 Å². The first-order valence-electron chi connectivity index (χ1n) is 17.5. The number of benzene rings is 2. The first kappa shape index (κ1) is 40.7. The highest BCUT2D eigenvalue weighted by Gasteiger charge is 2.29. The molecule has 0 spiro atoms. The van der Waals surface area contributed by atoms with E-state index in [1.54, 1.807) is 20.8 Å². The van der Waals surface area contributed by atoms with Crippen molar-refractivity contribution in [3.8, 4) is 11.1 Å². The lowest BCUT2D eigenvalue weighted by atomic mass is 9.98. The summed E-state index contributed by atoms with van der Waals surface area (Å²) in [5, 5.41) is 17.9. The van der Waals surface area contributed by atoms with Gasteiger partial charge in [-0.1, -0.05) is 48.5 Å². The van der Waals surface area contributed by atoms with Crippen LogP contribution in [-0.2, 0) is 33.2 Å². The fourth-order valence-electron chi connectivity index (χ4n) is 5.38. The van der Waals surface area contributed by atoms with E-state index in [9.17, 15) is 19.5 Å². The molecule has 50 heavy (non-hydrogen) atoms. The van der Waals surface area contributed by atoms with E-state index in [0.717, 1.165) is 0 Å². The van der Waals surface area contributed by atoms with E-state index in [-0.39, 0.29) is 12.5 Å². The summed E-state index contributed by atoms with van der Waals surface area (Å²) in [7, 11) is 0. The first-order valence-corrected chi connectivity index (χ1v) is 17.5. The van der Waals surface area contributed by atoms with Gasteiger partial charge in [-0.3, -0.25) is 4.79 Å². The Morgan fingerprint density at radius 2 is 1.22 bits per heavy atom. The monoisotopic (exact) mass is 701 g/mol. The summed E-state index contributed by atoms with van der Waals surface area (Å²) in [5.41, 5.74) is 4.18. The van der Waals surface area contributed by atoms with Gasteiger partial charge in [0, 0.05) is 25.6 Å². The van der Waals surface area contributed by atoms with Crippen LogP contribution in [0.2, 0.25) is 0 Å².